The third kappa shape index (κ3) is 6.19. The van der Waals surface area contributed by atoms with E-state index in [1.807, 2.05) is 0 Å². The van der Waals surface area contributed by atoms with Crippen molar-refractivity contribution in [2.24, 2.45) is 5.73 Å². The van der Waals surface area contributed by atoms with Crippen LogP contribution in [-0.2, 0) is 14.4 Å². The molecule has 11 nitrogen and oxygen atoms in total. The molecule has 11 heteroatoms. The summed E-state index contributed by atoms with van der Waals surface area (Å²) in [6.07, 6.45) is -0.166. The summed E-state index contributed by atoms with van der Waals surface area (Å²) in [5, 5.41) is 10.0. The van der Waals surface area contributed by atoms with Gasteiger partial charge in [0.15, 0.2) is 0 Å². The molecule has 29 heavy (non-hydrogen) atoms. The first-order chi connectivity index (χ1) is 13.7. The number of carbonyl (C=O) groups excluding carboxylic acids is 5. The molecule has 1 saturated heterocycles. The number of rotatable bonds is 9. The molecule has 2 rings (SSSR count). The van der Waals surface area contributed by atoms with Gasteiger partial charge in [0.25, 0.3) is 11.8 Å². The summed E-state index contributed by atoms with van der Waals surface area (Å²) in [5.74, 6) is -1.82. The van der Waals surface area contributed by atoms with Gasteiger partial charge in [0.2, 0.25) is 11.8 Å². The Morgan fingerprint density at radius 3 is 2.55 bits per heavy atom. The predicted octanol–water partition coefficient (Wildman–Crippen LogP) is -1.24. The number of imide groups is 1. The van der Waals surface area contributed by atoms with Crippen molar-refractivity contribution in [2.45, 2.75) is 25.4 Å². The molecule has 0 aromatic heterocycles. The van der Waals surface area contributed by atoms with E-state index in [1.54, 1.807) is 38.2 Å². The zero-order chi connectivity index (χ0) is 21.6. The fourth-order valence-corrected chi connectivity index (χ4v) is 2.84. The summed E-state index contributed by atoms with van der Waals surface area (Å²) in [7, 11) is 1.54. The highest BCUT2D eigenvalue weighted by Gasteiger charge is 2.32. The van der Waals surface area contributed by atoms with Crippen LogP contribution in [0.4, 0.5) is 10.5 Å². The third-order valence-electron chi connectivity index (χ3n) is 4.25. The monoisotopic (exact) mass is 404 g/mol. The van der Waals surface area contributed by atoms with E-state index in [2.05, 4.69) is 21.3 Å². The third-order valence-corrected chi connectivity index (χ3v) is 4.25. The molecule has 1 unspecified atom stereocenters. The van der Waals surface area contributed by atoms with Gasteiger partial charge in [-0.2, -0.15) is 0 Å². The maximum Gasteiger partial charge on any atom is 0.322 e. The van der Waals surface area contributed by atoms with Crippen LogP contribution in [-0.4, -0.2) is 66.8 Å². The minimum Gasteiger partial charge on any atom is -0.376 e. The minimum absolute atomic E-state index is 0.0828. The second kappa shape index (κ2) is 9.53. The van der Waals surface area contributed by atoms with Gasteiger partial charge in [0, 0.05) is 25.3 Å². The van der Waals surface area contributed by atoms with Crippen molar-refractivity contribution in [3.8, 4) is 0 Å². The number of nitrogens with one attached hydrogen (secondary N) is 4. The van der Waals surface area contributed by atoms with E-state index in [4.69, 9.17) is 5.73 Å². The number of carbonyl (C=O) groups is 5. The molecule has 0 aliphatic carbocycles. The number of primary amides is 1. The van der Waals surface area contributed by atoms with Gasteiger partial charge in [0.1, 0.15) is 6.04 Å². The van der Waals surface area contributed by atoms with E-state index in [1.165, 1.54) is 4.90 Å². The maximum atomic E-state index is 12.2. The number of hydrogen-bond acceptors (Lipinski definition) is 6. The SMILES string of the molecule is C[C@H](CN(C)C(=O)CC1NC(=O)NC1=O)NC(=O)CNc1ccccc1C(N)=O. The number of para-hydroxylation sites is 1. The summed E-state index contributed by atoms with van der Waals surface area (Å²) in [6.45, 7) is 1.86. The molecule has 1 aromatic rings. The molecule has 0 bridgehead atoms. The molecule has 2 atom stereocenters. The highest BCUT2D eigenvalue weighted by Crippen LogP contribution is 2.13. The van der Waals surface area contributed by atoms with Gasteiger partial charge in [-0.1, -0.05) is 12.1 Å². The molecular weight excluding hydrogens is 380 g/mol. The van der Waals surface area contributed by atoms with Gasteiger partial charge < -0.3 is 26.6 Å². The summed E-state index contributed by atoms with van der Waals surface area (Å²) >= 11 is 0. The van der Waals surface area contributed by atoms with E-state index < -0.39 is 23.9 Å². The number of nitrogens with two attached hydrogens (primary N) is 1. The Kier molecular flexibility index (Phi) is 7.12. The fourth-order valence-electron chi connectivity index (χ4n) is 2.84. The zero-order valence-corrected chi connectivity index (χ0v) is 16.2. The molecule has 0 spiro atoms. The van der Waals surface area contributed by atoms with Crippen LogP contribution in [0.2, 0.25) is 0 Å². The van der Waals surface area contributed by atoms with Crippen LogP contribution in [0, 0.1) is 0 Å². The number of nitrogens with zero attached hydrogens (tertiary/aromatic N) is 1. The summed E-state index contributed by atoms with van der Waals surface area (Å²) in [5.41, 5.74) is 6.02. The Hall–Kier alpha value is -3.63. The number of hydrogen-bond donors (Lipinski definition) is 5. The fraction of sp³-hybridized carbons (Fsp3) is 0.389. The smallest absolute Gasteiger partial charge is 0.322 e. The van der Waals surface area contributed by atoms with E-state index in [9.17, 15) is 24.0 Å². The van der Waals surface area contributed by atoms with E-state index in [0.717, 1.165) is 0 Å². The minimum atomic E-state index is -0.892. The molecule has 1 fully saturated rings. The molecule has 1 aromatic carbocycles. The number of benzene rings is 1. The molecule has 156 valence electrons. The Morgan fingerprint density at radius 2 is 1.93 bits per heavy atom. The van der Waals surface area contributed by atoms with Gasteiger partial charge in [-0.05, 0) is 19.1 Å². The molecule has 1 heterocycles. The first kappa shape index (κ1) is 21.7. The normalized spacial score (nSPS) is 16.4. The molecule has 6 amide bonds. The van der Waals surface area contributed by atoms with Crippen molar-refractivity contribution in [1.82, 2.24) is 20.9 Å². The second-order valence-corrected chi connectivity index (χ2v) is 6.73. The number of anilines is 1. The quantitative estimate of drug-likeness (QED) is 0.323. The summed E-state index contributed by atoms with van der Waals surface area (Å²) in [4.78, 5) is 59.7. The first-order valence-corrected chi connectivity index (χ1v) is 8.94. The Morgan fingerprint density at radius 1 is 1.24 bits per heavy atom. The van der Waals surface area contributed by atoms with Gasteiger partial charge >= 0.3 is 6.03 Å². The second-order valence-electron chi connectivity index (χ2n) is 6.73. The largest absolute Gasteiger partial charge is 0.376 e. The van der Waals surface area contributed by atoms with Crippen LogP contribution in [0.3, 0.4) is 0 Å². The molecule has 1 aliphatic rings. The van der Waals surface area contributed by atoms with Crippen molar-refractivity contribution >= 4 is 35.3 Å². The maximum absolute atomic E-state index is 12.2. The lowest BCUT2D eigenvalue weighted by Crippen LogP contribution is -2.45. The van der Waals surface area contributed by atoms with Crippen LogP contribution >= 0.6 is 0 Å². The van der Waals surface area contributed by atoms with E-state index in [-0.39, 0.29) is 42.9 Å². The highest BCUT2D eigenvalue weighted by atomic mass is 16.2. The molecule has 0 radical (unpaired) electrons. The Balaban J connectivity index is 1.78. The van der Waals surface area contributed by atoms with Crippen molar-refractivity contribution in [3.05, 3.63) is 29.8 Å². The van der Waals surface area contributed by atoms with Crippen LogP contribution in [0.1, 0.15) is 23.7 Å². The standard InChI is InChI=1S/C18H24N6O5/c1-10(9-24(2)15(26)7-13-17(28)23-18(29)22-13)21-14(25)8-20-12-6-4-3-5-11(12)16(19)27/h3-6,10,13,20H,7-9H2,1-2H3,(H2,19,27)(H,21,25)(H2,22,23,28,29)/t10-,13?/m1/s1. The first-order valence-electron chi connectivity index (χ1n) is 8.94. The summed E-state index contributed by atoms with van der Waals surface area (Å²) < 4.78 is 0. The van der Waals surface area contributed by atoms with Crippen molar-refractivity contribution in [1.29, 1.82) is 0 Å². The molecule has 1 aliphatic heterocycles. The number of likely N-dealkylation sites (N-methyl/N-ethyl adjacent to an activating group) is 1. The zero-order valence-electron chi connectivity index (χ0n) is 16.2. The van der Waals surface area contributed by atoms with Crippen LogP contribution in [0.25, 0.3) is 0 Å². The van der Waals surface area contributed by atoms with Crippen molar-refractivity contribution in [3.63, 3.8) is 0 Å². The average Bonchev–Trinajstić information content (AvgIpc) is 2.96. The average molecular weight is 404 g/mol. The lowest BCUT2D eigenvalue weighted by Gasteiger charge is -2.23. The Labute approximate surface area is 167 Å². The lowest BCUT2D eigenvalue weighted by molar-refractivity contribution is -0.133. The van der Waals surface area contributed by atoms with Crippen LogP contribution in [0.15, 0.2) is 24.3 Å². The topological polar surface area (TPSA) is 163 Å². The number of urea groups is 1. The lowest BCUT2D eigenvalue weighted by atomic mass is 10.1. The van der Waals surface area contributed by atoms with Gasteiger partial charge in [-0.25, -0.2) is 4.79 Å². The van der Waals surface area contributed by atoms with Gasteiger partial charge in [0.05, 0.1) is 18.5 Å². The number of amides is 6. The van der Waals surface area contributed by atoms with Gasteiger partial charge in [-0.15, -0.1) is 0 Å². The molecule has 6 N–H and O–H groups in total. The van der Waals surface area contributed by atoms with Crippen LogP contribution < -0.4 is 27.0 Å². The van der Waals surface area contributed by atoms with Crippen molar-refractivity contribution in [2.75, 3.05) is 25.5 Å². The Bertz CT molecular complexity index is 827. The predicted molar refractivity (Wildman–Crippen MR) is 104 cm³/mol. The molecular formula is C18H24N6O5. The summed E-state index contributed by atoms with van der Waals surface area (Å²) in [6, 6.07) is 4.69. The van der Waals surface area contributed by atoms with Crippen LogP contribution in [0.5, 0.6) is 0 Å². The highest BCUT2D eigenvalue weighted by molar-refractivity contribution is 6.05. The molecule has 0 saturated carbocycles. The van der Waals surface area contributed by atoms with Crippen molar-refractivity contribution < 1.29 is 24.0 Å². The van der Waals surface area contributed by atoms with E-state index in [0.29, 0.717) is 5.69 Å². The van der Waals surface area contributed by atoms with E-state index >= 15 is 0 Å². The van der Waals surface area contributed by atoms with Gasteiger partial charge in [-0.3, -0.25) is 24.5 Å².